The normalized spacial score (nSPS) is 23.4. The van der Waals surface area contributed by atoms with Crippen LogP contribution in [0.5, 0.6) is 5.75 Å². The number of aliphatic hydroxyl groups excluding tert-OH is 1. The lowest BCUT2D eigenvalue weighted by Crippen LogP contribution is -2.53. The van der Waals surface area contributed by atoms with E-state index in [1.54, 1.807) is 6.20 Å². The Hall–Kier alpha value is -2.22. The minimum atomic E-state index is -4.76. The van der Waals surface area contributed by atoms with Crippen LogP contribution in [0.1, 0.15) is 31.9 Å². The smallest absolute Gasteiger partial charge is 0.427 e. The maximum Gasteiger partial charge on any atom is 0.427 e. The Labute approximate surface area is 222 Å². The van der Waals surface area contributed by atoms with Crippen LogP contribution >= 0.6 is 0 Å². The first-order valence-electron chi connectivity index (χ1n) is 12.2. The molecule has 1 aromatic carbocycles. The van der Waals surface area contributed by atoms with Crippen molar-refractivity contribution < 1.29 is 36.4 Å². The number of nitrogens with two attached hydrogens (primary N) is 1. The predicted molar refractivity (Wildman–Crippen MR) is 137 cm³/mol. The first kappa shape index (κ1) is 30.3. The molecule has 1 aromatic heterocycles. The lowest BCUT2D eigenvalue weighted by molar-refractivity contribution is -0.206. The summed E-state index contributed by atoms with van der Waals surface area (Å²) in [6.45, 7) is 6.68. The lowest BCUT2D eigenvalue weighted by atomic mass is 9.91. The summed E-state index contributed by atoms with van der Waals surface area (Å²) in [5, 5.41) is 18.6. The Morgan fingerprint density at radius 2 is 1.97 bits per heavy atom. The fraction of sp³-hybridized carbons (Fsp3) is 0.640. The van der Waals surface area contributed by atoms with Crippen molar-refractivity contribution in [1.82, 2.24) is 15.1 Å². The molecule has 13 heteroatoms. The van der Waals surface area contributed by atoms with Crippen molar-refractivity contribution >= 4 is 16.5 Å². The molecule has 5 atom stereocenters. The van der Waals surface area contributed by atoms with Crippen molar-refractivity contribution in [1.29, 1.82) is 0 Å². The number of aromatic nitrogens is 2. The number of alkyl halides is 3. The Morgan fingerprint density at radius 3 is 2.61 bits per heavy atom. The third-order valence-electron chi connectivity index (χ3n) is 6.15. The predicted octanol–water partition coefficient (Wildman–Crippen LogP) is 3.05. The number of hydrogen-bond acceptors (Lipinski definition) is 7. The number of rotatable bonds is 10. The summed E-state index contributed by atoms with van der Waals surface area (Å²) >= 11 is 0. The van der Waals surface area contributed by atoms with Gasteiger partial charge in [-0.3, -0.25) is 8.89 Å². The molecule has 38 heavy (non-hydrogen) atoms. The number of methoxy groups -OCH3 is 1. The Kier molecular flexibility index (Phi) is 9.82. The van der Waals surface area contributed by atoms with Crippen LogP contribution in [-0.2, 0) is 35.0 Å². The fourth-order valence-electron chi connectivity index (χ4n) is 4.38. The highest BCUT2D eigenvalue weighted by atomic mass is 32.2. The van der Waals surface area contributed by atoms with Crippen LogP contribution in [0.2, 0.25) is 0 Å². The van der Waals surface area contributed by atoms with Gasteiger partial charge in [0.25, 0.3) is 0 Å². The zero-order chi connectivity index (χ0) is 28.3. The first-order valence-corrected chi connectivity index (χ1v) is 13.7. The van der Waals surface area contributed by atoms with Crippen molar-refractivity contribution in [3.8, 4) is 5.75 Å². The molecule has 0 amide bonds. The van der Waals surface area contributed by atoms with E-state index >= 15 is 0 Å². The molecule has 1 aliphatic rings. The fourth-order valence-corrected chi connectivity index (χ4v) is 6.02. The van der Waals surface area contributed by atoms with Gasteiger partial charge in [-0.1, -0.05) is 20.8 Å². The second-order valence-electron chi connectivity index (χ2n) is 10.9. The summed E-state index contributed by atoms with van der Waals surface area (Å²) in [4.78, 5) is 0. The number of nitrogens with zero attached hydrogens (tertiary/aromatic N) is 2. The number of halogens is 4. The molecule has 1 fully saturated rings. The van der Waals surface area contributed by atoms with E-state index in [1.807, 2.05) is 10.9 Å². The summed E-state index contributed by atoms with van der Waals surface area (Å²) in [7, 11) is -0.165. The van der Waals surface area contributed by atoms with Gasteiger partial charge in [0.1, 0.15) is 17.3 Å². The topological polar surface area (TPSA) is 112 Å². The molecule has 0 bridgehead atoms. The third kappa shape index (κ3) is 8.39. The minimum absolute atomic E-state index is 0.0598. The summed E-state index contributed by atoms with van der Waals surface area (Å²) in [5.74, 6) is -1.53. The molecule has 0 radical (unpaired) electrons. The van der Waals surface area contributed by atoms with E-state index in [-0.39, 0.29) is 28.9 Å². The molecule has 8 nitrogen and oxygen atoms in total. The molecular formula is C25H36F4N4O4S. The van der Waals surface area contributed by atoms with Crippen molar-refractivity contribution in [3.63, 3.8) is 0 Å². The van der Waals surface area contributed by atoms with Crippen molar-refractivity contribution in [3.05, 3.63) is 41.5 Å². The van der Waals surface area contributed by atoms with Crippen LogP contribution in [-0.4, -0.2) is 68.7 Å². The van der Waals surface area contributed by atoms with Crippen LogP contribution in [0.3, 0.4) is 0 Å². The zero-order valence-electron chi connectivity index (χ0n) is 21.9. The number of hydrogen-bond donors (Lipinski definition) is 3. The summed E-state index contributed by atoms with van der Waals surface area (Å²) < 4.78 is 78.4. The maximum atomic E-state index is 14.5. The van der Waals surface area contributed by atoms with E-state index in [0.717, 1.165) is 25.3 Å². The second-order valence-corrected chi connectivity index (χ2v) is 12.5. The zero-order valence-corrected chi connectivity index (χ0v) is 22.7. The molecule has 2 aromatic rings. The molecule has 1 aliphatic heterocycles. The monoisotopic (exact) mass is 564 g/mol. The molecule has 1 unspecified atom stereocenters. The van der Waals surface area contributed by atoms with Crippen molar-refractivity contribution in [2.24, 2.45) is 11.3 Å². The van der Waals surface area contributed by atoms with E-state index in [4.69, 9.17) is 10.5 Å². The van der Waals surface area contributed by atoms with Gasteiger partial charge in [0.15, 0.2) is 0 Å². The standard InChI is InChI=1S/C25H36F4N4O4S/c1-24(2,3)14-33-10-16(9-32-33)8-31-19-13-38(35)12-17(23(19)34)5-15-6-18(26)22(30)20(7-15)37-21(11-36-4)25(27,28)29/h6-7,9-10,17,19,21,23,31,34H,5,8,11-14,30H2,1-4H3/t17-,19+,21-,23+,38?/m1/s1. The van der Waals surface area contributed by atoms with Crippen molar-refractivity contribution in [2.75, 3.05) is 31.0 Å². The minimum Gasteiger partial charge on any atom is -0.476 e. The number of anilines is 1. The largest absolute Gasteiger partial charge is 0.476 e. The van der Waals surface area contributed by atoms with Crippen LogP contribution in [0, 0.1) is 17.2 Å². The molecule has 2 heterocycles. The molecule has 0 saturated carbocycles. The molecule has 4 N–H and O–H groups in total. The van der Waals surface area contributed by atoms with Crippen LogP contribution in [0.25, 0.3) is 0 Å². The Morgan fingerprint density at radius 1 is 1.26 bits per heavy atom. The molecule has 0 aliphatic carbocycles. The molecule has 214 valence electrons. The van der Waals surface area contributed by atoms with Crippen molar-refractivity contribution in [2.45, 2.75) is 64.7 Å². The van der Waals surface area contributed by atoms with E-state index in [9.17, 15) is 26.9 Å². The molecule has 3 rings (SSSR count). The number of ether oxygens (including phenoxy) is 2. The summed E-state index contributed by atoms with van der Waals surface area (Å²) in [6, 6.07) is 1.83. The van der Waals surface area contributed by atoms with Gasteiger partial charge in [-0.2, -0.15) is 18.3 Å². The van der Waals surface area contributed by atoms with Gasteiger partial charge >= 0.3 is 6.18 Å². The quantitative estimate of drug-likeness (QED) is 0.301. The van der Waals surface area contributed by atoms with E-state index < -0.39 is 65.0 Å². The molecular weight excluding hydrogens is 528 g/mol. The Bertz CT molecular complexity index is 1110. The maximum absolute atomic E-state index is 14.5. The summed E-state index contributed by atoms with van der Waals surface area (Å²) in [6.07, 6.45) is -4.29. The van der Waals surface area contributed by atoms with Crippen LogP contribution < -0.4 is 15.8 Å². The highest BCUT2D eigenvalue weighted by molar-refractivity contribution is 7.85. The lowest BCUT2D eigenvalue weighted by Gasteiger charge is -2.35. The highest BCUT2D eigenvalue weighted by Gasteiger charge is 2.42. The Balaban J connectivity index is 1.70. The summed E-state index contributed by atoms with van der Waals surface area (Å²) in [5.41, 5.74) is 6.34. The van der Waals surface area contributed by atoms with E-state index in [0.29, 0.717) is 6.54 Å². The number of aliphatic hydroxyl groups is 1. The number of benzene rings is 1. The van der Waals surface area contributed by atoms with Gasteiger partial charge < -0.3 is 25.6 Å². The SMILES string of the molecule is COC[C@@H](Oc1cc(C[C@@H]2CS(=O)C[C@H](NCc3cnn(CC(C)(C)C)c3)[C@H]2O)cc(F)c1N)C(F)(F)F. The van der Waals surface area contributed by atoms with Gasteiger partial charge in [-0.25, -0.2) is 4.39 Å². The van der Waals surface area contributed by atoms with Gasteiger partial charge in [-0.15, -0.1) is 0 Å². The number of nitrogens with one attached hydrogen (secondary N) is 1. The van der Waals surface area contributed by atoms with E-state index in [2.05, 4.69) is 35.9 Å². The van der Waals surface area contributed by atoms with Crippen LogP contribution in [0.15, 0.2) is 24.5 Å². The average molecular weight is 565 g/mol. The second kappa shape index (κ2) is 12.3. The average Bonchev–Trinajstić information content (AvgIpc) is 3.22. The third-order valence-corrected chi connectivity index (χ3v) is 7.68. The molecule has 0 spiro atoms. The first-order chi connectivity index (χ1) is 17.7. The highest BCUT2D eigenvalue weighted by Crippen LogP contribution is 2.33. The van der Waals surface area contributed by atoms with Crippen LogP contribution in [0.4, 0.5) is 23.2 Å². The van der Waals surface area contributed by atoms with E-state index in [1.165, 1.54) is 6.07 Å². The van der Waals surface area contributed by atoms with Gasteiger partial charge in [0.05, 0.1) is 18.9 Å². The van der Waals surface area contributed by atoms with Gasteiger partial charge in [-0.05, 0) is 29.5 Å². The molecule has 1 saturated heterocycles. The number of nitrogen functional groups attached to an aromatic ring is 1. The van der Waals surface area contributed by atoms with Gasteiger partial charge in [0.2, 0.25) is 6.10 Å². The van der Waals surface area contributed by atoms with Gasteiger partial charge in [0, 0.05) is 66.2 Å².